The van der Waals surface area contributed by atoms with Gasteiger partial charge >= 0.3 is 0 Å². The molecule has 0 N–H and O–H groups in total. The first-order valence-corrected chi connectivity index (χ1v) is 13.4. The topological polar surface area (TPSA) is 56.1 Å². The Bertz CT molecular complexity index is 1320. The minimum Gasteiger partial charge on any atom is -0.377 e. The summed E-state index contributed by atoms with van der Waals surface area (Å²) in [5.74, 6) is 2.35. The van der Waals surface area contributed by atoms with E-state index in [-0.39, 0.29) is 11.3 Å². The van der Waals surface area contributed by atoms with Gasteiger partial charge in [-0.2, -0.15) is 9.97 Å². The van der Waals surface area contributed by atoms with Crippen LogP contribution in [0.3, 0.4) is 0 Å². The van der Waals surface area contributed by atoms with Crippen LogP contribution in [0.15, 0.2) is 60.7 Å². The molecule has 3 heterocycles. The molecule has 2 aromatic heterocycles. The molecule has 2 fully saturated rings. The fraction of sp³-hybridized carbons (Fsp3) is 0.414. The third-order valence-corrected chi connectivity index (χ3v) is 7.92. The van der Waals surface area contributed by atoms with Gasteiger partial charge in [0.2, 0.25) is 11.2 Å². The van der Waals surface area contributed by atoms with E-state index in [1.165, 1.54) is 31.2 Å². The van der Waals surface area contributed by atoms with Gasteiger partial charge < -0.3 is 14.2 Å². The monoisotopic (exact) mass is 501 g/mol. The number of hydrogen-bond donors (Lipinski definition) is 0. The molecule has 36 heavy (non-hydrogen) atoms. The van der Waals surface area contributed by atoms with Gasteiger partial charge in [-0.1, -0.05) is 80.4 Å². The van der Waals surface area contributed by atoms with Crippen LogP contribution < -0.4 is 4.90 Å². The minimum absolute atomic E-state index is 0.0884. The summed E-state index contributed by atoms with van der Waals surface area (Å²) in [4.78, 5) is 16.9. The van der Waals surface area contributed by atoms with Crippen molar-refractivity contribution in [2.24, 2.45) is 11.8 Å². The highest BCUT2D eigenvalue weighted by Crippen LogP contribution is 2.38. The number of hydrogen-bond acceptors (Lipinski definition) is 5. The third-order valence-electron chi connectivity index (χ3n) is 7.75. The Morgan fingerprint density at radius 3 is 2.39 bits per heavy atom. The number of halogens is 1. The fourth-order valence-electron chi connectivity index (χ4n) is 5.75. The van der Waals surface area contributed by atoms with Gasteiger partial charge in [0.05, 0.1) is 19.3 Å². The molecule has 0 radical (unpaired) electrons. The maximum atomic E-state index is 6.45. The minimum atomic E-state index is 0.0884. The van der Waals surface area contributed by atoms with Crippen LogP contribution in [0.25, 0.3) is 22.4 Å². The molecule has 2 aromatic carbocycles. The van der Waals surface area contributed by atoms with Gasteiger partial charge in [0.15, 0.2) is 5.65 Å². The average molecular weight is 502 g/mol. The second kappa shape index (κ2) is 10.2. The van der Waals surface area contributed by atoms with Gasteiger partial charge in [0, 0.05) is 18.7 Å². The zero-order valence-corrected chi connectivity index (χ0v) is 21.4. The first kappa shape index (κ1) is 23.4. The number of aromatic nitrogens is 4. The predicted octanol–water partition coefficient (Wildman–Crippen LogP) is 6.55. The van der Waals surface area contributed by atoms with Crippen molar-refractivity contribution in [3.63, 3.8) is 0 Å². The fourth-order valence-corrected chi connectivity index (χ4v) is 5.92. The lowest BCUT2D eigenvalue weighted by Crippen LogP contribution is -2.41. The molecule has 2 aliphatic rings. The van der Waals surface area contributed by atoms with E-state index in [9.17, 15) is 0 Å². The van der Waals surface area contributed by atoms with Gasteiger partial charge in [-0.25, -0.2) is 4.98 Å². The van der Waals surface area contributed by atoms with Crippen LogP contribution in [-0.4, -0.2) is 39.3 Å². The SMILES string of the molecule is CC1CCC(Cn2c(N3CCOC[C@H]3c3ccccc3)nc3nc(Cl)nc(-c4ccccc4)c32)CC1. The van der Waals surface area contributed by atoms with Crippen molar-refractivity contribution in [2.75, 3.05) is 24.7 Å². The van der Waals surface area contributed by atoms with E-state index in [1.54, 1.807) is 0 Å². The number of rotatable bonds is 5. The van der Waals surface area contributed by atoms with Crippen molar-refractivity contribution in [3.8, 4) is 11.3 Å². The van der Waals surface area contributed by atoms with Crippen molar-refractivity contribution in [1.82, 2.24) is 19.5 Å². The van der Waals surface area contributed by atoms with Crippen molar-refractivity contribution in [3.05, 3.63) is 71.5 Å². The maximum absolute atomic E-state index is 6.45. The summed E-state index contributed by atoms with van der Waals surface area (Å²) in [6.45, 7) is 5.35. The predicted molar refractivity (Wildman–Crippen MR) is 144 cm³/mol. The Kier molecular flexibility index (Phi) is 6.63. The molecule has 0 amide bonds. The lowest BCUT2D eigenvalue weighted by atomic mass is 9.83. The average Bonchev–Trinajstić information content (AvgIpc) is 3.28. The molecule has 1 saturated heterocycles. The number of anilines is 1. The zero-order valence-electron chi connectivity index (χ0n) is 20.7. The largest absolute Gasteiger partial charge is 0.377 e. The smallest absolute Gasteiger partial charge is 0.225 e. The summed E-state index contributed by atoms with van der Waals surface area (Å²) in [5, 5.41) is 0.227. The Hall–Kier alpha value is -2.96. The molecule has 6 nitrogen and oxygen atoms in total. The van der Waals surface area contributed by atoms with Crippen LogP contribution in [0, 0.1) is 11.8 Å². The summed E-state index contributed by atoms with van der Waals surface area (Å²) in [6.07, 6.45) is 5.04. The summed E-state index contributed by atoms with van der Waals surface area (Å²) in [5.41, 5.74) is 4.73. The van der Waals surface area contributed by atoms with Crippen LogP contribution in [0.2, 0.25) is 5.28 Å². The van der Waals surface area contributed by atoms with Crippen molar-refractivity contribution in [2.45, 2.75) is 45.2 Å². The van der Waals surface area contributed by atoms with E-state index in [0.29, 0.717) is 24.8 Å². The van der Waals surface area contributed by atoms with Gasteiger partial charge in [0.1, 0.15) is 11.2 Å². The van der Waals surface area contributed by atoms with Gasteiger partial charge in [-0.05, 0) is 41.8 Å². The van der Waals surface area contributed by atoms with Gasteiger partial charge in [-0.15, -0.1) is 0 Å². The van der Waals surface area contributed by atoms with Gasteiger partial charge in [0.25, 0.3) is 0 Å². The van der Waals surface area contributed by atoms with Crippen LogP contribution in [0.4, 0.5) is 5.95 Å². The molecule has 7 heteroatoms. The number of benzene rings is 2. The lowest BCUT2D eigenvalue weighted by Gasteiger charge is -2.37. The number of morpholine rings is 1. The molecule has 0 unspecified atom stereocenters. The molecule has 1 atom stereocenters. The Labute approximate surface area is 217 Å². The van der Waals surface area contributed by atoms with E-state index in [2.05, 4.69) is 63.8 Å². The highest BCUT2D eigenvalue weighted by molar-refractivity contribution is 6.28. The number of fused-ring (bicyclic) bond motifs is 1. The van der Waals surface area contributed by atoms with Crippen LogP contribution in [0.1, 0.15) is 44.2 Å². The molecule has 0 spiro atoms. The molecule has 4 aromatic rings. The van der Waals surface area contributed by atoms with Crippen LogP contribution in [-0.2, 0) is 11.3 Å². The quantitative estimate of drug-likeness (QED) is 0.290. The van der Waals surface area contributed by atoms with Crippen molar-refractivity contribution < 1.29 is 4.74 Å². The number of imidazole rings is 1. The number of ether oxygens (including phenoxy) is 1. The van der Waals surface area contributed by atoms with E-state index in [0.717, 1.165) is 41.7 Å². The first-order valence-electron chi connectivity index (χ1n) is 13.1. The summed E-state index contributed by atoms with van der Waals surface area (Å²) >= 11 is 6.45. The maximum Gasteiger partial charge on any atom is 0.225 e. The van der Waals surface area contributed by atoms with Crippen LogP contribution in [0.5, 0.6) is 0 Å². The molecule has 0 bridgehead atoms. The van der Waals surface area contributed by atoms with E-state index in [1.807, 2.05) is 18.2 Å². The Morgan fingerprint density at radius 1 is 0.917 bits per heavy atom. The Morgan fingerprint density at radius 2 is 1.64 bits per heavy atom. The summed E-state index contributed by atoms with van der Waals surface area (Å²) in [7, 11) is 0. The molecule has 186 valence electrons. The second-order valence-corrected chi connectivity index (χ2v) is 10.6. The molecule has 1 aliphatic carbocycles. The molecular formula is C29H32ClN5O. The standard InChI is InChI=1S/C29H32ClN5O/c1-20-12-14-21(15-13-20)18-35-26-25(23-10-6-3-7-11-23)31-28(30)32-27(26)33-29(35)34-16-17-36-19-24(34)22-8-4-2-5-9-22/h2-11,20-21,24H,12-19H2,1H3/t20?,21?,24-/m0/s1. The van der Waals surface area contributed by atoms with E-state index in [4.69, 9.17) is 26.3 Å². The third kappa shape index (κ3) is 4.60. The molecule has 6 rings (SSSR count). The zero-order chi connectivity index (χ0) is 24.5. The Balaban J connectivity index is 1.52. The highest BCUT2D eigenvalue weighted by atomic mass is 35.5. The molecular weight excluding hydrogens is 470 g/mol. The highest BCUT2D eigenvalue weighted by Gasteiger charge is 2.32. The summed E-state index contributed by atoms with van der Waals surface area (Å²) in [6, 6.07) is 20.9. The van der Waals surface area contributed by atoms with Gasteiger partial charge in [-0.3, -0.25) is 0 Å². The van der Waals surface area contributed by atoms with Crippen molar-refractivity contribution >= 4 is 28.7 Å². The molecule has 1 saturated carbocycles. The van der Waals surface area contributed by atoms with E-state index < -0.39 is 0 Å². The van der Waals surface area contributed by atoms with E-state index >= 15 is 0 Å². The first-order chi connectivity index (χ1) is 17.7. The van der Waals surface area contributed by atoms with Crippen molar-refractivity contribution in [1.29, 1.82) is 0 Å². The lowest BCUT2D eigenvalue weighted by molar-refractivity contribution is 0.0927. The van der Waals surface area contributed by atoms with Crippen LogP contribution >= 0.6 is 11.6 Å². The molecule has 1 aliphatic heterocycles. The summed E-state index contributed by atoms with van der Waals surface area (Å²) < 4.78 is 8.33. The normalized spacial score (nSPS) is 22.7. The second-order valence-electron chi connectivity index (χ2n) is 10.2. The number of nitrogens with zero attached hydrogens (tertiary/aromatic N) is 5.